The summed E-state index contributed by atoms with van der Waals surface area (Å²) in [6.45, 7) is 7.81. The summed E-state index contributed by atoms with van der Waals surface area (Å²) in [7, 11) is 0. The molecular weight excluding hydrogens is 704 g/mol. The van der Waals surface area contributed by atoms with Gasteiger partial charge < -0.3 is 55.2 Å². The predicted octanol–water partition coefficient (Wildman–Crippen LogP) is 2.92. The van der Waals surface area contributed by atoms with Crippen LogP contribution in [0.3, 0.4) is 0 Å². The zero-order chi connectivity index (χ0) is 39.5. The topological polar surface area (TPSA) is 220 Å². The maximum Gasteiger partial charge on any atom is 0.335 e. The molecule has 3 amide bonds. The van der Waals surface area contributed by atoms with Crippen LogP contribution >= 0.6 is 0 Å². The van der Waals surface area contributed by atoms with Crippen LogP contribution in [0.15, 0.2) is 24.3 Å². The summed E-state index contributed by atoms with van der Waals surface area (Å²) in [5.74, 6) is -2.26. The smallest absolute Gasteiger partial charge is 0.335 e. The molecule has 0 saturated heterocycles. The minimum Gasteiger partial charge on any atom is -0.494 e. The summed E-state index contributed by atoms with van der Waals surface area (Å²) in [5, 5.41) is 29.6. The van der Waals surface area contributed by atoms with Crippen molar-refractivity contribution in [1.29, 1.82) is 0 Å². The number of benzene rings is 1. The molecule has 1 rings (SSSR count). The van der Waals surface area contributed by atoms with Gasteiger partial charge in [0.05, 0.1) is 58.4 Å². The van der Waals surface area contributed by atoms with E-state index in [1.165, 1.54) is 12.1 Å². The second-order valence-electron chi connectivity index (χ2n) is 12.6. The SMILES string of the molecule is CCCCNC(=O)COCCOCCNCCOCCOCCNC(=O)CCC(NC(=O)CCCCCCCCCOc1ccc(C(=O)O)cc1)C(=O)O. The highest BCUT2D eigenvalue weighted by Crippen LogP contribution is 2.14. The van der Waals surface area contributed by atoms with Crippen LogP contribution in [-0.4, -0.2) is 132 Å². The van der Waals surface area contributed by atoms with Crippen LogP contribution in [-0.2, 0) is 38.1 Å². The highest BCUT2D eigenvalue weighted by atomic mass is 16.5. The Morgan fingerprint density at radius 2 is 1.17 bits per heavy atom. The highest BCUT2D eigenvalue weighted by molar-refractivity contribution is 5.87. The third-order valence-corrected chi connectivity index (χ3v) is 7.96. The average Bonchev–Trinajstić information content (AvgIpc) is 3.15. The Labute approximate surface area is 319 Å². The van der Waals surface area contributed by atoms with E-state index >= 15 is 0 Å². The average molecular weight is 769 g/mol. The van der Waals surface area contributed by atoms with E-state index in [1.54, 1.807) is 12.1 Å². The monoisotopic (exact) mass is 768 g/mol. The summed E-state index contributed by atoms with van der Waals surface area (Å²) < 4.78 is 27.3. The molecule has 54 heavy (non-hydrogen) atoms. The van der Waals surface area contributed by atoms with Crippen LogP contribution in [0.4, 0.5) is 0 Å². The van der Waals surface area contributed by atoms with Gasteiger partial charge in [-0.1, -0.05) is 45.4 Å². The minimum absolute atomic E-state index is 0.00707. The van der Waals surface area contributed by atoms with Gasteiger partial charge in [-0.05, 0) is 49.9 Å². The predicted molar refractivity (Wildman–Crippen MR) is 202 cm³/mol. The van der Waals surface area contributed by atoms with Gasteiger partial charge in [-0.25, -0.2) is 9.59 Å². The van der Waals surface area contributed by atoms with Gasteiger partial charge in [0, 0.05) is 39.0 Å². The van der Waals surface area contributed by atoms with E-state index in [0.717, 1.165) is 51.4 Å². The van der Waals surface area contributed by atoms with E-state index in [4.69, 9.17) is 28.8 Å². The molecule has 0 spiro atoms. The van der Waals surface area contributed by atoms with Gasteiger partial charge in [-0.3, -0.25) is 14.4 Å². The molecule has 1 unspecified atom stereocenters. The summed E-state index contributed by atoms with van der Waals surface area (Å²) >= 11 is 0. The first-order valence-corrected chi connectivity index (χ1v) is 19.3. The largest absolute Gasteiger partial charge is 0.494 e. The van der Waals surface area contributed by atoms with Crippen molar-refractivity contribution in [3.8, 4) is 5.75 Å². The maximum absolute atomic E-state index is 12.3. The van der Waals surface area contributed by atoms with E-state index in [9.17, 15) is 29.1 Å². The van der Waals surface area contributed by atoms with Crippen molar-refractivity contribution >= 4 is 29.7 Å². The Morgan fingerprint density at radius 1 is 0.593 bits per heavy atom. The van der Waals surface area contributed by atoms with Crippen LogP contribution in [0, 0.1) is 0 Å². The zero-order valence-electron chi connectivity index (χ0n) is 32.0. The fraction of sp³-hybridized carbons (Fsp3) is 0.711. The van der Waals surface area contributed by atoms with Gasteiger partial charge in [0.25, 0.3) is 0 Å². The van der Waals surface area contributed by atoms with Gasteiger partial charge in [0.15, 0.2) is 0 Å². The lowest BCUT2D eigenvalue weighted by Gasteiger charge is -2.14. The van der Waals surface area contributed by atoms with Crippen LogP contribution in [0.2, 0.25) is 0 Å². The number of unbranched alkanes of at least 4 members (excludes halogenated alkanes) is 7. The van der Waals surface area contributed by atoms with Gasteiger partial charge in [0.2, 0.25) is 17.7 Å². The molecule has 0 fully saturated rings. The number of carboxylic acid groups (broad SMARTS) is 2. The number of carbonyl (C=O) groups is 5. The molecule has 1 aromatic carbocycles. The Morgan fingerprint density at radius 3 is 1.78 bits per heavy atom. The molecule has 16 heteroatoms. The first kappa shape index (κ1) is 48.2. The number of hydrogen-bond acceptors (Lipinski definition) is 11. The molecule has 0 aromatic heterocycles. The van der Waals surface area contributed by atoms with E-state index in [-0.39, 0.29) is 62.3 Å². The summed E-state index contributed by atoms with van der Waals surface area (Å²) in [6, 6.07) is 5.20. The number of aromatic carboxylic acids is 1. The standard InChI is InChI=1S/C38H64N4O12/c1-2-3-18-40-36(45)30-53-29-28-51-24-20-39-19-23-50-26-27-52-25-21-41-34(43)17-16-33(38(48)49)42-35(44)11-9-7-5-4-6-8-10-22-54-32-14-12-31(13-15-32)37(46)47/h12-15,33,39H,2-11,16-30H2,1H3,(H,40,45)(H,41,43)(H,42,44)(H,46,47)(H,48,49). The lowest BCUT2D eigenvalue weighted by molar-refractivity contribution is -0.142. The first-order chi connectivity index (χ1) is 26.2. The molecule has 308 valence electrons. The molecule has 1 atom stereocenters. The minimum atomic E-state index is -1.17. The van der Waals surface area contributed by atoms with Crippen molar-refractivity contribution in [2.75, 3.05) is 85.6 Å². The van der Waals surface area contributed by atoms with E-state index in [0.29, 0.717) is 78.1 Å². The van der Waals surface area contributed by atoms with Crippen LogP contribution in [0.25, 0.3) is 0 Å². The summed E-state index contributed by atoms with van der Waals surface area (Å²) in [4.78, 5) is 58.5. The van der Waals surface area contributed by atoms with Crippen molar-refractivity contribution in [2.45, 2.75) is 90.0 Å². The molecule has 0 saturated carbocycles. The number of nitrogens with one attached hydrogen (secondary N) is 4. The van der Waals surface area contributed by atoms with Gasteiger partial charge >= 0.3 is 11.9 Å². The Balaban J connectivity index is 1.91. The molecule has 0 radical (unpaired) electrons. The number of hydrogen-bond donors (Lipinski definition) is 6. The number of amides is 3. The van der Waals surface area contributed by atoms with Crippen molar-refractivity contribution in [1.82, 2.24) is 21.3 Å². The van der Waals surface area contributed by atoms with Crippen molar-refractivity contribution in [2.24, 2.45) is 0 Å². The fourth-order valence-corrected chi connectivity index (χ4v) is 4.88. The lowest BCUT2D eigenvalue weighted by Crippen LogP contribution is -2.41. The highest BCUT2D eigenvalue weighted by Gasteiger charge is 2.20. The van der Waals surface area contributed by atoms with Crippen LogP contribution in [0.1, 0.15) is 94.3 Å². The fourth-order valence-electron chi connectivity index (χ4n) is 4.88. The van der Waals surface area contributed by atoms with Crippen LogP contribution in [0.5, 0.6) is 5.75 Å². The van der Waals surface area contributed by atoms with Crippen molar-refractivity contribution in [3.05, 3.63) is 29.8 Å². The molecule has 6 N–H and O–H groups in total. The maximum atomic E-state index is 12.3. The molecule has 0 aliphatic carbocycles. The van der Waals surface area contributed by atoms with Gasteiger partial charge in [-0.2, -0.15) is 0 Å². The number of rotatable bonds is 37. The Hall–Kier alpha value is -3.83. The molecule has 16 nitrogen and oxygen atoms in total. The van der Waals surface area contributed by atoms with E-state index in [1.807, 2.05) is 0 Å². The zero-order valence-corrected chi connectivity index (χ0v) is 32.0. The molecule has 0 heterocycles. The van der Waals surface area contributed by atoms with Gasteiger partial charge in [-0.15, -0.1) is 0 Å². The quantitative estimate of drug-likeness (QED) is 0.0537. The first-order valence-electron chi connectivity index (χ1n) is 19.3. The van der Waals surface area contributed by atoms with E-state index in [2.05, 4.69) is 28.2 Å². The molecule has 0 bridgehead atoms. The lowest BCUT2D eigenvalue weighted by atomic mass is 10.1. The number of ether oxygens (including phenoxy) is 5. The summed E-state index contributed by atoms with van der Waals surface area (Å²) in [5.41, 5.74) is 0.223. The number of aliphatic carboxylic acids is 1. The number of carboxylic acids is 2. The van der Waals surface area contributed by atoms with Crippen molar-refractivity contribution < 1.29 is 57.9 Å². The molecular formula is C38H64N4O12. The molecule has 0 aliphatic rings. The Bertz CT molecular complexity index is 1160. The normalized spacial score (nSPS) is 11.5. The van der Waals surface area contributed by atoms with E-state index < -0.39 is 18.0 Å². The van der Waals surface area contributed by atoms with Crippen molar-refractivity contribution in [3.63, 3.8) is 0 Å². The van der Waals surface area contributed by atoms with Crippen LogP contribution < -0.4 is 26.0 Å². The molecule has 1 aromatic rings. The number of carbonyl (C=O) groups excluding carboxylic acids is 3. The molecule has 0 aliphatic heterocycles. The third kappa shape index (κ3) is 28.6. The second-order valence-corrected chi connectivity index (χ2v) is 12.6. The van der Waals surface area contributed by atoms with Gasteiger partial charge in [0.1, 0.15) is 18.4 Å². The Kier molecular flexibility index (Phi) is 30.1. The summed E-state index contributed by atoms with van der Waals surface area (Å²) in [6.07, 6.45) is 8.63. The third-order valence-electron chi connectivity index (χ3n) is 7.96. The second kappa shape index (κ2) is 33.7.